The molecular weight excluding hydrogens is 204 g/mol. The number of nitrogens with two attached hydrogens (primary N) is 1. The minimum absolute atomic E-state index is 0.00229. The molecule has 0 saturated carbocycles. The second-order valence-corrected chi connectivity index (χ2v) is 5.39. The molecule has 0 saturated heterocycles. The van der Waals surface area contributed by atoms with E-state index >= 15 is 0 Å². The van der Waals surface area contributed by atoms with E-state index in [9.17, 15) is 4.79 Å². The number of carbonyl (C=O) groups is 1. The maximum atomic E-state index is 11.3. The number of hydrogen-bond donors (Lipinski definition) is 2. The fourth-order valence-electron chi connectivity index (χ4n) is 1.30. The normalized spacial score (nSPS) is 15.4. The highest BCUT2D eigenvalue weighted by molar-refractivity contribution is 5.67. The highest BCUT2D eigenvalue weighted by Crippen LogP contribution is 2.09. The van der Waals surface area contributed by atoms with E-state index in [0.29, 0.717) is 12.5 Å². The van der Waals surface area contributed by atoms with Gasteiger partial charge in [0.15, 0.2) is 0 Å². The van der Waals surface area contributed by atoms with Crippen molar-refractivity contribution in [2.24, 2.45) is 11.7 Å². The average molecular weight is 230 g/mol. The van der Waals surface area contributed by atoms with Crippen LogP contribution in [0.3, 0.4) is 0 Å². The molecule has 0 fully saturated rings. The Hall–Kier alpha value is -0.770. The molecule has 4 heteroatoms. The fourth-order valence-corrected chi connectivity index (χ4v) is 1.30. The number of rotatable bonds is 5. The summed E-state index contributed by atoms with van der Waals surface area (Å²) >= 11 is 0. The lowest BCUT2D eigenvalue weighted by atomic mass is 10.00. The molecule has 0 radical (unpaired) electrons. The van der Waals surface area contributed by atoms with Crippen molar-refractivity contribution >= 4 is 6.09 Å². The topological polar surface area (TPSA) is 64.3 Å². The molecule has 0 aromatic heterocycles. The Morgan fingerprint density at radius 1 is 1.44 bits per heavy atom. The van der Waals surface area contributed by atoms with Crippen LogP contribution in [-0.2, 0) is 4.74 Å². The van der Waals surface area contributed by atoms with Gasteiger partial charge < -0.3 is 15.8 Å². The summed E-state index contributed by atoms with van der Waals surface area (Å²) in [7, 11) is 0. The minimum Gasteiger partial charge on any atom is -0.444 e. The van der Waals surface area contributed by atoms with Crippen LogP contribution in [0.2, 0.25) is 0 Å². The Morgan fingerprint density at radius 2 is 2.00 bits per heavy atom. The van der Waals surface area contributed by atoms with Gasteiger partial charge in [-0.05, 0) is 33.1 Å². The molecule has 0 bridgehead atoms. The summed E-state index contributed by atoms with van der Waals surface area (Å²) in [4.78, 5) is 11.3. The molecule has 96 valence electrons. The maximum Gasteiger partial charge on any atom is 0.407 e. The van der Waals surface area contributed by atoms with Crippen molar-refractivity contribution < 1.29 is 9.53 Å². The average Bonchev–Trinajstić information content (AvgIpc) is 2.12. The zero-order valence-corrected chi connectivity index (χ0v) is 11.2. The zero-order valence-electron chi connectivity index (χ0n) is 11.2. The molecule has 0 spiro atoms. The number of alkyl carbamates (subject to hydrolysis) is 1. The highest BCUT2D eigenvalue weighted by Gasteiger charge is 2.16. The second kappa shape index (κ2) is 6.74. The van der Waals surface area contributed by atoms with Crippen LogP contribution in [0.5, 0.6) is 0 Å². The van der Waals surface area contributed by atoms with E-state index in [1.165, 1.54) is 0 Å². The van der Waals surface area contributed by atoms with Gasteiger partial charge in [-0.3, -0.25) is 0 Å². The lowest BCUT2D eigenvalue weighted by Crippen LogP contribution is -2.40. The third kappa shape index (κ3) is 8.53. The lowest BCUT2D eigenvalue weighted by Gasteiger charge is -2.21. The van der Waals surface area contributed by atoms with Crippen LogP contribution >= 0.6 is 0 Å². The van der Waals surface area contributed by atoms with Crippen molar-refractivity contribution in [3.63, 3.8) is 0 Å². The van der Waals surface area contributed by atoms with Gasteiger partial charge >= 0.3 is 6.09 Å². The first-order chi connectivity index (χ1) is 7.24. The molecular formula is C12H26N2O2. The van der Waals surface area contributed by atoms with E-state index in [4.69, 9.17) is 10.5 Å². The molecule has 0 rings (SSSR count). The summed E-state index contributed by atoms with van der Waals surface area (Å²) in [5, 5.41) is 2.68. The third-order valence-electron chi connectivity index (χ3n) is 2.31. The van der Waals surface area contributed by atoms with Gasteiger partial charge in [0.05, 0.1) is 0 Å². The van der Waals surface area contributed by atoms with Gasteiger partial charge in [-0.2, -0.15) is 0 Å². The monoisotopic (exact) mass is 230 g/mol. The van der Waals surface area contributed by atoms with Crippen molar-refractivity contribution in [2.75, 3.05) is 6.54 Å². The highest BCUT2D eigenvalue weighted by atomic mass is 16.6. The van der Waals surface area contributed by atoms with E-state index < -0.39 is 11.7 Å². The zero-order chi connectivity index (χ0) is 12.8. The van der Waals surface area contributed by atoms with Crippen molar-refractivity contribution in [1.82, 2.24) is 5.32 Å². The van der Waals surface area contributed by atoms with E-state index in [2.05, 4.69) is 19.2 Å². The molecule has 3 N–H and O–H groups in total. The Kier molecular flexibility index (Phi) is 6.41. The summed E-state index contributed by atoms with van der Waals surface area (Å²) in [6.07, 6.45) is 1.64. The molecule has 0 aliphatic heterocycles. The summed E-state index contributed by atoms with van der Waals surface area (Å²) in [5.41, 5.74) is 5.44. The first-order valence-corrected chi connectivity index (χ1v) is 5.97. The number of amides is 1. The smallest absolute Gasteiger partial charge is 0.407 e. The van der Waals surface area contributed by atoms with Crippen LogP contribution in [0.25, 0.3) is 0 Å². The van der Waals surface area contributed by atoms with Gasteiger partial charge in [-0.1, -0.05) is 20.3 Å². The number of ether oxygens (including phenoxy) is 1. The van der Waals surface area contributed by atoms with Crippen molar-refractivity contribution in [3.05, 3.63) is 0 Å². The minimum atomic E-state index is -0.453. The number of nitrogens with one attached hydrogen (secondary N) is 1. The van der Waals surface area contributed by atoms with Gasteiger partial charge in [0, 0.05) is 12.6 Å². The molecule has 1 amide bonds. The van der Waals surface area contributed by atoms with Gasteiger partial charge in [0.1, 0.15) is 5.60 Å². The molecule has 16 heavy (non-hydrogen) atoms. The molecule has 0 heterocycles. The van der Waals surface area contributed by atoms with Gasteiger partial charge in [0.25, 0.3) is 0 Å². The quantitative estimate of drug-likeness (QED) is 0.761. The van der Waals surface area contributed by atoms with E-state index in [1.54, 1.807) is 0 Å². The summed E-state index contributed by atoms with van der Waals surface area (Å²) in [6.45, 7) is 10.3. The first-order valence-electron chi connectivity index (χ1n) is 5.97. The van der Waals surface area contributed by atoms with E-state index in [-0.39, 0.29) is 6.04 Å². The van der Waals surface area contributed by atoms with Crippen molar-refractivity contribution in [1.29, 1.82) is 0 Å². The first kappa shape index (κ1) is 15.2. The summed E-state index contributed by atoms with van der Waals surface area (Å²) in [6, 6.07) is 0.00229. The number of hydrogen-bond acceptors (Lipinski definition) is 3. The van der Waals surface area contributed by atoms with Crippen molar-refractivity contribution in [3.8, 4) is 0 Å². The Bertz CT molecular complexity index is 212. The molecule has 4 nitrogen and oxygen atoms in total. The Balaban J connectivity index is 3.75. The van der Waals surface area contributed by atoms with Crippen LogP contribution < -0.4 is 11.1 Å². The third-order valence-corrected chi connectivity index (χ3v) is 2.31. The lowest BCUT2D eigenvalue weighted by molar-refractivity contribution is 0.0523. The van der Waals surface area contributed by atoms with Crippen LogP contribution in [0, 0.1) is 5.92 Å². The summed E-state index contributed by atoms with van der Waals surface area (Å²) in [5.74, 6) is 0.593. The van der Waals surface area contributed by atoms with E-state index in [0.717, 1.165) is 12.8 Å². The molecule has 2 atom stereocenters. The Labute approximate surface area is 98.9 Å². The summed E-state index contributed by atoms with van der Waals surface area (Å²) < 4.78 is 5.11. The molecule has 0 aromatic rings. The predicted octanol–water partition coefficient (Wildman–Crippen LogP) is 2.27. The van der Waals surface area contributed by atoms with Gasteiger partial charge in [-0.15, -0.1) is 0 Å². The number of carbonyl (C=O) groups excluding carboxylic acids is 1. The van der Waals surface area contributed by atoms with Crippen LogP contribution in [0.4, 0.5) is 4.79 Å². The molecule has 0 aliphatic carbocycles. The van der Waals surface area contributed by atoms with Gasteiger partial charge in [0.2, 0.25) is 0 Å². The largest absolute Gasteiger partial charge is 0.444 e. The van der Waals surface area contributed by atoms with E-state index in [1.807, 2.05) is 20.8 Å². The van der Waals surface area contributed by atoms with Crippen LogP contribution in [-0.4, -0.2) is 24.3 Å². The Morgan fingerprint density at radius 3 is 2.44 bits per heavy atom. The van der Waals surface area contributed by atoms with Gasteiger partial charge in [-0.25, -0.2) is 4.79 Å². The maximum absolute atomic E-state index is 11.3. The predicted molar refractivity (Wildman–Crippen MR) is 66.3 cm³/mol. The fraction of sp³-hybridized carbons (Fsp3) is 0.917. The van der Waals surface area contributed by atoms with Crippen LogP contribution in [0.15, 0.2) is 0 Å². The second-order valence-electron chi connectivity index (χ2n) is 5.39. The molecule has 0 aromatic carbocycles. The standard InChI is InChI=1S/C12H26N2O2/c1-6-9(2)7-10(13)8-14-11(15)16-12(3,4)5/h9-10H,6-8,13H2,1-5H3,(H,14,15). The van der Waals surface area contributed by atoms with Crippen LogP contribution in [0.1, 0.15) is 47.5 Å². The molecule has 2 unspecified atom stereocenters. The van der Waals surface area contributed by atoms with Crippen molar-refractivity contribution in [2.45, 2.75) is 59.1 Å². The molecule has 0 aliphatic rings. The SMILES string of the molecule is CCC(C)CC(N)CNC(=O)OC(C)(C)C.